The van der Waals surface area contributed by atoms with Gasteiger partial charge in [-0.2, -0.15) is 0 Å². The molecule has 0 unspecified atom stereocenters. The monoisotopic (exact) mass is 278 g/mol. The molecule has 0 aromatic heterocycles. The van der Waals surface area contributed by atoms with Crippen LogP contribution in [0.3, 0.4) is 0 Å². The minimum absolute atomic E-state index is 0.108. The number of methoxy groups -OCH3 is 1. The van der Waals surface area contributed by atoms with Crippen LogP contribution in [0.15, 0.2) is 18.2 Å². The van der Waals surface area contributed by atoms with Crippen LogP contribution in [-0.4, -0.2) is 38.5 Å². The van der Waals surface area contributed by atoms with E-state index < -0.39 is 0 Å². The van der Waals surface area contributed by atoms with Gasteiger partial charge in [0.15, 0.2) is 17.3 Å². The molecule has 0 bridgehead atoms. The van der Waals surface area contributed by atoms with Crippen LogP contribution in [0, 0.1) is 0 Å². The Morgan fingerprint density at radius 3 is 2.70 bits per heavy atom. The van der Waals surface area contributed by atoms with Gasteiger partial charge in [0, 0.05) is 25.5 Å². The molecule has 1 aliphatic rings. The first-order chi connectivity index (χ1) is 9.70. The Kier molecular flexibility index (Phi) is 5.12. The van der Waals surface area contributed by atoms with E-state index in [9.17, 15) is 9.59 Å². The zero-order valence-corrected chi connectivity index (χ0v) is 11.5. The zero-order valence-electron chi connectivity index (χ0n) is 11.5. The summed E-state index contributed by atoms with van der Waals surface area (Å²) in [6.07, 6.45) is 0.962. The second-order valence-corrected chi connectivity index (χ2v) is 4.59. The van der Waals surface area contributed by atoms with Crippen LogP contribution in [0.2, 0.25) is 0 Å². The Morgan fingerprint density at radius 2 is 1.95 bits per heavy atom. The van der Waals surface area contributed by atoms with Gasteiger partial charge < -0.3 is 14.2 Å². The molecule has 0 atom stereocenters. The number of benzene rings is 1. The molecule has 2 rings (SSSR count). The quantitative estimate of drug-likeness (QED) is 0.588. The molecule has 0 N–H and O–H groups in total. The number of hydrogen-bond acceptors (Lipinski definition) is 5. The molecule has 1 aliphatic heterocycles. The van der Waals surface area contributed by atoms with Gasteiger partial charge in [-0.3, -0.25) is 9.59 Å². The standard InChI is InChI=1S/C15H18O5/c1-18-8-5-12(16)10-13(17)11-3-4-14-15(9-11)20-7-2-6-19-14/h3-4,9H,2,5-8,10H2,1H3. The molecule has 0 fully saturated rings. The van der Waals surface area contributed by atoms with Crippen molar-refractivity contribution in [1.29, 1.82) is 0 Å². The fourth-order valence-corrected chi connectivity index (χ4v) is 1.92. The number of carbonyl (C=O) groups excluding carboxylic acids is 2. The lowest BCUT2D eigenvalue weighted by Crippen LogP contribution is -2.10. The number of ketones is 2. The van der Waals surface area contributed by atoms with Gasteiger partial charge in [0.2, 0.25) is 0 Å². The van der Waals surface area contributed by atoms with E-state index in [-0.39, 0.29) is 24.4 Å². The summed E-state index contributed by atoms with van der Waals surface area (Å²) in [5, 5.41) is 0. The van der Waals surface area contributed by atoms with E-state index >= 15 is 0 Å². The maximum Gasteiger partial charge on any atom is 0.170 e. The number of ether oxygens (including phenoxy) is 3. The van der Waals surface area contributed by atoms with Crippen LogP contribution >= 0.6 is 0 Å². The van der Waals surface area contributed by atoms with Gasteiger partial charge in [0.05, 0.1) is 26.2 Å². The van der Waals surface area contributed by atoms with Crippen molar-refractivity contribution in [2.75, 3.05) is 26.9 Å². The predicted octanol–water partition coefficient (Wildman–Crippen LogP) is 2.03. The molecular weight excluding hydrogens is 260 g/mol. The van der Waals surface area contributed by atoms with Crippen molar-refractivity contribution < 1.29 is 23.8 Å². The Morgan fingerprint density at radius 1 is 1.20 bits per heavy atom. The summed E-state index contributed by atoms with van der Waals surface area (Å²) in [5.74, 6) is 0.883. The van der Waals surface area contributed by atoms with Crippen LogP contribution in [0.1, 0.15) is 29.6 Å². The Hall–Kier alpha value is -1.88. The lowest BCUT2D eigenvalue weighted by Gasteiger charge is -2.08. The Bertz CT molecular complexity index is 495. The minimum Gasteiger partial charge on any atom is -0.490 e. The first kappa shape index (κ1) is 14.5. The highest BCUT2D eigenvalue weighted by molar-refractivity contribution is 6.08. The van der Waals surface area contributed by atoms with Gasteiger partial charge in [-0.15, -0.1) is 0 Å². The third-order valence-electron chi connectivity index (χ3n) is 3.01. The van der Waals surface area contributed by atoms with Crippen LogP contribution in [0.5, 0.6) is 11.5 Å². The molecule has 5 nitrogen and oxygen atoms in total. The van der Waals surface area contributed by atoms with Gasteiger partial charge in [-0.25, -0.2) is 0 Å². The zero-order chi connectivity index (χ0) is 14.4. The van der Waals surface area contributed by atoms with Gasteiger partial charge in [-0.05, 0) is 18.2 Å². The number of Topliss-reactive ketones (excluding diaryl/α,β-unsaturated/α-hetero) is 2. The summed E-state index contributed by atoms with van der Waals surface area (Å²) < 4.78 is 15.8. The highest BCUT2D eigenvalue weighted by Crippen LogP contribution is 2.30. The molecule has 0 aliphatic carbocycles. The number of fused-ring (bicyclic) bond motifs is 1. The number of rotatable bonds is 6. The van der Waals surface area contributed by atoms with E-state index in [2.05, 4.69) is 0 Å². The molecule has 1 heterocycles. The summed E-state index contributed by atoms with van der Waals surface area (Å²) in [5.41, 5.74) is 0.472. The molecule has 1 aromatic rings. The molecule has 0 spiro atoms. The van der Waals surface area contributed by atoms with Crippen molar-refractivity contribution >= 4 is 11.6 Å². The molecule has 1 aromatic carbocycles. The lowest BCUT2D eigenvalue weighted by atomic mass is 10.0. The largest absolute Gasteiger partial charge is 0.490 e. The van der Waals surface area contributed by atoms with Crippen LogP contribution < -0.4 is 9.47 Å². The van der Waals surface area contributed by atoms with E-state index in [0.29, 0.717) is 36.9 Å². The molecule has 0 saturated heterocycles. The predicted molar refractivity (Wildman–Crippen MR) is 72.5 cm³/mol. The van der Waals surface area contributed by atoms with Crippen molar-refractivity contribution in [1.82, 2.24) is 0 Å². The second-order valence-electron chi connectivity index (χ2n) is 4.59. The van der Waals surface area contributed by atoms with Gasteiger partial charge in [-0.1, -0.05) is 0 Å². The van der Waals surface area contributed by atoms with Crippen LogP contribution in [0.4, 0.5) is 0 Å². The van der Waals surface area contributed by atoms with Gasteiger partial charge in [0.25, 0.3) is 0 Å². The van der Waals surface area contributed by atoms with Crippen molar-refractivity contribution in [3.8, 4) is 11.5 Å². The van der Waals surface area contributed by atoms with E-state index in [1.807, 2.05) is 0 Å². The molecular formula is C15H18O5. The van der Waals surface area contributed by atoms with E-state index in [0.717, 1.165) is 6.42 Å². The van der Waals surface area contributed by atoms with Gasteiger partial charge >= 0.3 is 0 Å². The third kappa shape index (κ3) is 3.81. The maximum absolute atomic E-state index is 12.0. The third-order valence-corrected chi connectivity index (χ3v) is 3.01. The van der Waals surface area contributed by atoms with E-state index in [1.165, 1.54) is 7.11 Å². The SMILES string of the molecule is COCCC(=O)CC(=O)c1ccc2c(c1)OCCCO2. The number of carbonyl (C=O) groups is 2. The Balaban J connectivity index is 2.03. The Labute approximate surface area is 117 Å². The first-order valence-corrected chi connectivity index (χ1v) is 6.64. The molecule has 5 heteroatoms. The molecule has 0 radical (unpaired) electrons. The van der Waals surface area contributed by atoms with Crippen molar-refractivity contribution in [3.63, 3.8) is 0 Å². The second kappa shape index (κ2) is 7.05. The van der Waals surface area contributed by atoms with Crippen molar-refractivity contribution in [2.24, 2.45) is 0 Å². The average molecular weight is 278 g/mol. The topological polar surface area (TPSA) is 61.8 Å². The van der Waals surface area contributed by atoms with Crippen molar-refractivity contribution in [3.05, 3.63) is 23.8 Å². The minimum atomic E-state index is -0.207. The smallest absolute Gasteiger partial charge is 0.170 e. The number of hydrogen-bond donors (Lipinski definition) is 0. The summed E-state index contributed by atoms with van der Waals surface area (Å²) in [6, 6.07) is 5.03. The molecule has 20 heavy (non-hydrogen) atoms. The normalized spacial score (nSPS) is 13.7. The molecule has 108 valence electrons. The molecule has 0 saturated carbocycles. The highest BCUT2D eigenvalue weighted by Gasteiger charge is 2.16. The van der Waals surface area contributed by atoms with E-state index in [1.54, 1.807) is 18.2 Å². The van der Waals surface area contributed by atoms with Crippen molar-refractivity contribution in [2.45, 2.75) is 19.3 Å². The first-order valence-electron chi connectivity index (χ1n) is 6.64. The lowest BCUT2D eigenvalue weighted by molar-refractivity contribution is -0.119. The van der Waals surface area contributed by atoms with Crippen LogP contribution in [-0.2, 0) is 9.53 Å². The summed E-state index contributed by atoms with van der Waals surface area (Å²) in [4.78, 5) is 23.6. The maximum atomic E-state index is 12.0. The summed E-state index contributed by atoms with van der Waals surface area (Å²) in [7, 11) is 1.53. The summed E-state index contributed by atoms with van der Waals surface area (Å²) in [6.45, 7) is 1.51. The van der Waals surface area contributed by atoms with E-state index in [4.69, 9.17) is 14.2 Å². The fourth-order valence-electron chi connectivity index (χ4n) is 1.92. The van der Waals surface area contributed by atoms with Gasteiger partial charge in [0.1, 0.15) is 5.78 Å². The fraction of sp³-hybridized carbons (Fsp3) is 0.467. The highest BCUT2D eigenvalue weighted by atomic mass is 16.5. The molecule has 0 amide bonds. The van der Waals surface area contributed by atoms with Crippen LogP contribution in [0.25, 0.3) is 0 Å². The summed E-state index contributed by atoms with van der Waals surface area (Å²) >= 11 is 0. The average Bonchev–Trinajstić information content (AvgIpc) is 2.69.